The Hall–Kier alpha value is -2.80. The van der Waals surface area contributed by atoms with Crippen LogP contribution in [0.3, 0.4) is 0 Å². The first-order valence-electron chi connectivity index (χ1n) is 8.10. The van der Waals surface area contributed by atoms with E-state index in [9.17, 15) is 18.4 Å². The smallest absolute Gasteiger partial charge is 0.251 e. The lowest BCUT2D eigenvalue weighted by Crippen LogP contribution is -2.52. The SMILES string of the molecule is CN1C(=O)CO[C@H](C(=O)NCc2cccc(F)c2)[C@@H]1c1cccc(F)c1. The topological polar surface area (TPSA) is 58.6 Å². The minimum Gasteiger partial charge on any atom is -0.356 e. The van der Waals surface area contributed by atoms with Gasteiger partial charge < -0.3 is 15.0 Å². The van der Waals surface area contributed by atoms with E-state index < -0.39 is 29.7 Å². The molecule has 1 heterocycles. The lowest BCUT2D eigenvalue weighted by atomic mass is 9.97. The van der Waals surface area contributed by atoms with Crippen LogP contribution in [0.25, 0.3) is 0 Å². The third kappa shape index (κ3) is 3.88. The highest BCUT2D eigenvalue weighted by Gasteiger charge is 2.40. The maximum Gasteiger partial charge on any atom is 0.251 e. The van der Waals surface area contributed by atoms with E-state index in [2.05, 4.69) is 5.32 Å². The summed E-state index contributed by atoms with van der Waals surface area (Å²) in [7, 11) is 1.55. The molecule has 0 spiro atoms. The Labute approximate surface area is 149 Å². The molecule has 1 aliphatic heterocycles. The average Bonchev–Trinajstić information content (AvgIpc) is 2.62. The zero-order chi connectivity index (χ0) is 18.7. The van der Waals surface area contributed by atoms with Gasteiger partial charge in [-0.15, -0.1) is 0 Å². The minimum absolute atomic E-state index is 0.115. The Balaban J connectivity index is 1.79. The molecule has 0 radical (unpaired) electrons. The van der Waals surface area contributed by atoms with E-state index in [1.54, 1.807) is 25.2 Å². The molecule has 1 fully saturated rings. The largest absolute Gasteiger partial charge is 0.356 e. The van der Waals surface area contributed by atoms with Crippen LogP contribution < -0.4 is 5.32 Å². The van der Waals surface area contributed by atoms with E-state index in [0.29, 0.717) is 11.1 Å². The van der Waals surface area contributed by atoms with Crippen LogP contribution in [0.4, 0.5) is 8.78 Å². The van der Waals surface area contributed by atoms with Gasteiger partial charge in [0.05, 0.1) is 6.04 Å². The van der Waals surface area contributed by atoms with Gasteiger partial charge in [0.1, 0.15) is 18.2 Å². The number of carbonyl (C=O) groups is 2. The summed E-state index contributed by atoms with van der Waals surface area (Å²) in [6, 6.07) is 10.8. The Kier molecular flexibility index (Phi) is 5.27. The molecule has 2 aromatic carbocycles. The lowest BCUT2D eigenvalue weighted by Gasteiger charge is -2.38. The van der Waals surface area contributed by atoms with Gasteiger partial charge in [0, 0.05) is 13.6 Å². The first-order valence-corrected chi connectivity index (χ1v) is 8.10. The molecule has 1 aliphatic rings. The van der Waals surface area contributed by atoms with Gasteiger partial charge in [0.2, 0.25) is 5.91 Å². The molecule has 2 aromatic rings. The number of rotatable bonds is 4. The van der Waals surface area contributed by atoms with Crippen molar-refractivity contribution in [2.45, 2.75) is 18.7 Å². The van der Waals surface area contributed by atoms with Gasteiger partial charge in [-0.05, 0) is 35.4 Å². The first-order chi connectivity index (χ1) is 12.5. The summed E-state index contributed by atoms with van der Waals surface area (Å²) in [4.78, 5) is 26.0. The van der Waals surface area contributed by atoms with Crippen LogP contribution >= 0.6 is 0 Å². The Morgan fingerprint density at radius 2 is 1.88 bits per heavy atom. The van der Waals surface area contributed by atoms with Crippen molar-refractivity contribution >= 4 is 11.8 Å². The number of morpholine rings is 1. The van der Waals surface area contributed by atoms with Crippen molar-refractivity contribution in [2.75, 3.05) is 13.7 Å². The molecule has 2 amide bonds. The fraction of sp³-hybridized carbons (Fsp3) is 0.263. The molecule has 2 atom stereocenters. The molecule has 0 aliphatic carbocycles. The Morgan fingerprint density at radius 1 is 1.19 bits per heavy atom. The summed E-state index contributed by atoms with van der Waals surface area (Å²) < 4.78 is 32.3. The molecule has 0 unspecified atom stereocenters. The van der Waals surface area contributed by atoms with Crippen molar-refractivity contribution in [3.8, 4) is 0 Å². The molecular weight excluding hydrogens is 342 g/mol. The summed E-state index contributed by atoms with van der Waals surface area (Å²) in [5.74, 6) is -1.61. The second-order valence-corrected chi connectivity index (χ2v) is 6.08. The number of nitrogens with one attached hydrogen (secondary N) is 1. The van der Waals surface area contributed by atoms with Gasteiger partial charge in [-0.25, -0.2) is 8.78 Å². The van der Waals surface area contributed by atoms with Crippen LogP contribution in [0.2, 0.25) is 0 Å². The zero-order valence-corrected chi connectivity index (χ0v) is 14.1. The number of hydrogen-bond acceptors (Lipinski definition) is 3. The fourth-order valence-electron chi connectivity index (χ4n) is 2.96. The normalized spacial score (nSPS) is 20.1. The molecule has 26 heavy (non-hydrogen) atoms. The van der Waals surface area contributed by atoms with Gasteiger partial charge >= 0.3 is 0 Å². The molecular formula is C19H18F2N2O3. The predicted molar refractivity (Wildman–Crippen MR) is 89.9 cm³/mol. The number of ether oxygens (including phenoxy) is 1. The van der Waals surface area contributed by atoms with Crippen molar-refractivity contribution in [2.24, 2.45) is 0 Å². The molecule has 1 N–H and O–H groups in total. The van der Waals surface area contributed by atoms with Crippen molar-refractivity contribution < 1.29 is 23.1 Å². The van der Waals surface area contributed by atoms with Crippen LogP contribution in [-0.4, -0.2) is 36.5 Å². The van der Waals surface area contributed by atoms with Crippen LogP contribution in [0.15, 0.2) is 48.5 Å². The van der Waals surface area contributed by atoms with E-state index in [1.165, 1.54) is 35.2 Å². The van der Waals surface area contributed by atoms with Crippen LogP contribution in [0, 0.1) is 11.6 Å². The molecule has 0 aromatic heterocycles. The third-order valence-electron chi connectivity index (χ3n) is 4.29. The quantitative estimate of drug-likeness (QED) is 0.909. The van der Waals surface area contributed by atoms with Gasteiger partial charge in [0.15, 0.2) is 6.10 Å². The number of likely N-dealkylation sites (N-methyl/N-ethyl adjacent to an activating group) is 1. The second kappa shape index (κ2) is 7.61. The maximum atomic E-state index is 13.6. The number of amides is 2. The van der Waals surface area contributed by atoms with Crippen LogP contribution in [0.5, 0.6) is 0 Å². The Bertz CT molecular complexity index is 828. The number of benzene rings is 2. The van der Waals surface area contributed by atoms with E-state index in [4.69, 9.17) is 4.74 Å². The highest BCUT2D eigenvalue weighted by Crippen LogP contribution is 2.29. The van der Waals surface area contributed by atoms with Crippen molar-refractivity contribution in [1.29, 1.82) is 0 Å². The molecule has 7 heteroatoms. The summed E-state index contributed by atoms with van der Waals surface area (Å²) in [6.45, 7) is -0.121. The Morgan fingerprint density at radius 3 is 2.58 bits per heavy atom. The van der Waals surface area contributed by atoms with E-state index in [-0.39, 0.29) is 19.1 Å². The van der Waals surface area contributed by atoms with Crippen LogP contribution in [-0.2, 0) is 20.9 Å². The number of nitrogens with zero attached hydrogens (tertiary/aromatic N) is 1. The fourth-order valence-corrected chi connectivity index (χ4v) is 2.96. The number of hydrogen-bond donors (Lipinski definition) is 1. The summed E-state index contributed by atoms with van der Waals surface area (Å²) in [5.41, 5.74) is 1.06. The molecule has 3 rings (SSSR count). The maximum absolute atomic E-state index is 13.6. The monoisotopic (exact) mass is 360 g/mol. The van der Waals surface area contributed by atoms with Gasteiger partial charge in [-0.3, -0.25) is 9.59 Å². The minimum atomic E-state index is -0.993. The second-order valence-electron chi connectivity index (χ2n) is 6.08. The van der Waals surface area contributed by atoms with Gasteiger partial charge in [-0.1, -0.05) is 24.3 Å². The molecule has 136 valence electrons. The van der Waals surface area contributed by atoms with Crippen molar-refractivity contribution in [3.63, 3.8) is 0 Å². The molecule has 0 saturated carbocycles. The van der Waals surface area contributed by atoms with Crippen molar-refractivity contribution in [1.82, 2.24) is 10.2 Å². The molecule has 0 bridgehead atoms. The predicted octanol–water partition coefficient (Wildman–Crippen LogP) is 2.18. The van der Waals surface area contributed by atoms with E-state index in [0.717, 1.165) is 0 Å². The summed E-state index contributed by atoms with van der Waals surface area (Å²) in [6.07, 6.45) is -0.993. The average molecular weight is 360 g/mol. The van der Waals surface area contributed by atoms with E-state index in [1.807, 2.05) is 0 Å². The number of halogens is 2. The summed E-state index contributed by atoms with van der Waals surface area (Å²) >= 11 is 0. The highest BCUT2D eigenvalue weighted by molar-refractivity contribution is 5.86. The van der Waals surface area contributed by atoms with Crippen molar-refractivity contribution in [3.05, 3.63) is 71.3 Å². The lowest BCUT2D eigenvalue weighted by molar-refractivity contribution is -0.162. The first kappa shape index (κ1) is 18.0. The highest BCUT2D eigenvalue weighted by atomic mass is 19.1. The van der Waals surface area contributed by atoms with E-state index >= 15 is 0 Å². The van der Waals surface area contributed by atoms with Crippen LogP contribution in [0.1, 0.15) is 17.2 Å². The standard InChI is InChI=1S/C19H18F2N2O3/c1-23-16(24)11-26-18(17(23)13-5-3-7-15(21)9-13)19(25)22-10-12-4-2-6-14(20)8-12/h2-9,17-18H,10-11H2,1H3,(H,22,25)/t17-,18-/m0/s1. The summed E-state index contributed by atoms with van der Waals surface area (Å²) in [5, 5.41) is 2.68. The third-order valence-corrected chi connectivity index (χ3v) is 4.29. The number of carbonyl (C=O) groups excluding carboxylic acids is 2. The van der Waals surface area contributed by atoms with Gasteiger partial charge in [0.25, 0.3) is 5.91 Å². The zero-order valence-electron chi connectivity index (χ0n) is 14.1. The molecule has 1 saturated heterocycles. The van der Waals surface area contributed by atoms with Gasteiger partial charge in [-0.2, -0.15) is 0 Å². The molecule has 5 nitrogen and oxygen atoms in total.